The molecule has 0 spiro atoms. The summed E-state index contributed by atoms with van der Waals surface area (Å²) in [7, 11) is 0. The number of hydrogen-bond acceptors (Lipinski definition) is 3. The van der Waals surface area contributed by atoms with Crippen molar-refractivity contribution in [3.8, 4) is 0 Å². The van der Waals surface area contributed by atoms with Gasteiger partial charge in [0.2, 0.25) is 0 Å². The van der Waals surface area contributed by atoms with Crippen LogP contribution in [0.1, 0.15) is 26.7 Å². The average molecular weight is 253 g/mol. The van der Waals surface area contributed by atoms with Crippen LogP contribution in [0.5, 0.6) is 0 Å². The summed E-state index contributed by atoms with van der Waals surface area (Å²) in [5.74, 6) is 4.25. The Balaban J connectivity index is 2.82. The molecule has 0 aliphatic heterocycles. The van der Waals surface area contributed by atoms with Crippen LogP contribution in [0.15, 0.2) is 0 Å². The number of alkyl halides is 3. The maximum absolute atomic E-state index is 12.5. The van der Waals surface area contributed by atoms with Crippen molar-refractivity contribution in [3.63, 3.8) is 0 Å². The number of hydrogen-bond donors (Lipinski definition) is 2. The molecular formula is C10H18F3N3O. The molecule has 0 aromatic carbocycles. The molecule has 7 heteroatoms. The first kappa shape index (κ1) is 14.2. The molecule has 0 radical (unpaired) electrons. The van der Waals surface area contributed by atoms with E-state index in [9.17, 15) is 18.0 Å². The maximum Gasteiger partial charge on any atom is 0.401 e. The molecule has 1 atom stereocenters. The summed E-state index contributed by atoms with van der Waals surface area (Å²) in [6.45, 7) is 2.37. The molecule has 0 aromatic rings. The summed E-state index contributed by atoms with van der Waals surface area (Å²) >= 11 is 0. The summed E-state index contributed by atoms with van der Waals surface area (Å²) in [5, 5.41) is 0. The standard InChI is InChI=1S/C10H18F3N3O/c1-6(2)8(9(17)15-14)16(7-3-4-7)5-10(11,12)13/h6-8H,3-5,14H2,1-2H3,(H,15,17). The summed E-state index contributed by atoms with van der Waals surface area (Å²) in [4.78, 5) is 12.8. The lowest BCUT2D eigenvalue weighted by molar-refractivity contribution is -0.159. The number of halogens is 3. The zero-order valence-corrected chi connectivity index (χ0v) is 9.92. The third-order valence-corrected chi connectivity index (χ3v) is 2.78. The molecule has 1 fully saturated rings. The van der Waals surface area contributed by atoms with Gasteiger partial charge in [0.1, 0.15) is 0 Å². The van der Waals surface area contributed by atoms with E-state index in [1.54, 1.807) is 13.8 Å². The van der Waals surface area contributed by atoms with E-state index in [0.29, 0.717) is 12.8 Å². The third kappa shape index (κ3) is 4.16. The van der Waals surface area contributed by atoms with Crippen molar-refractivity contribution in [2.75, 3.05) is 6.54 Å². The Morgan fingerprint density at radius 1 is 1.47 bits per heavy atom. The second-order valence-corrected chi connectivity index (χ2v) is 4.72. The van der Waals surface area contributed by atoms with Crippen molar-refractivity contribution in [1.29, 1.82) is 0 Å². The van der Waals surface area contributed by atoms with Gasteiger partial charge in [0.25, 0.3) is 5.91 Å². The number of carbonyl (C=O) groups is 1. The SMILES string of the molecule is CC(C)C(C(=O)NN)N(CC(F)(F)F)C1CC1. The third-order valence-electron chi connectivity index (χ3n) is 2.78. The molecule has 17 heavy (non-hydrogen) atoms. The van der Waals surface area contributed by atoms with E-state index in [2.05, 4.69) is 0 Å². The Labute approximate surface area is 98.3 Å². The molecule has 100 valence electrons. The fraction of sp³-hybridized carbons (Fsp3) is 0.900. The molecule has 1 rings (SSSR count). The normalized spacial score (nSPS) is 18.6. The molecule has 1 saturated carbocycles. The Morgan fingerprint density at radius 2 is 2.00 bits per heavy atom. The first-order valence-corrected chi connectivity index (χ1v) is 5.59. The molecule has 0 bridgehead atoms. The number of rotatable bonds is 5. The molecular weight excluding hydrogens is 235 g/mol. The van der Waals surface area contributed by atoms with E-state index in [0.717, 1.165) is 0 Å². The highest BCUT2D eigenvalue weighted by Gasteiger charge is 2.44. The zero-order chi connectivity index (χ0) is 13.2. The van der Waals surface area contributed by atoms with Gasteiger partial charge < -0.3 is 0 Å². The van der Waals surface area contributed by atoms with Gasteiger partial charge in [-0.05, 0) is 18.8 Å². The Morgan fingerprint density at radius 3 is 2.29 bits per heavy atom. The number of carbonyl (C=O) groups excluding carboxylic acids is 1. The molecule has 1 unspecified atom stereocenters. The Bertz CT molecular complexity index is 276. The van der Waals surface area contributed by atoms with Crippen LogP contribution in [0.2, 0.25) is 0 Å². The minimum Gasteiger partial charge on any atom is -0.293 e. The van der Waals surface area contributed by atoms with E-state index in [1.807, 2.05) is 5.43 Å². The van der Waals surface area contributed by atoms with Crippen molar-refractivity contribution in [2.45, 2.75) is 44.9 Å². The van der Waals surface area contributed by atoms with Crippen molar-refractivity contribution in [2.24, 2.45) is 11.8 Å². The predicted molar refractivity (Wildman–Crippen MR) is 56.7 cm³/mol. The van der Waals surface area contributed by atoms with E-state index < -0.39 is 24.7 Å². The topological polar surface area (TPSA) is 58.4 Å². The summed E-state index contributed by atoms with van der Waals surface area (Å²) < 4.78 is 37.4. The summed E-state index contributed by atoms with van der Waals surface area (Å²) in [5.41, 5.74) is 1.95. The fourth-order valence-corrected chi connectivity index (χ4v) is 1.99. The highest BCUT2D eigenvalue weighted by Crippen LogP contribution is 2.33. The molecule has 0 heterocycles. The smallest absolute Gasteiger partial charge is 0.293 e. The molecule has 4 nitrogen and oxygen atoms in total. The first-order chi connectivity index (χ1) is 7.76. The number of hydrazine groups is 1. The zero-order valence-electron chi connectivity index (χ0n) is 9.92. The predicted octanol–water partition coefficient (Wildman–Crippen LogP) is 1.03. The van der Waals surface area contributed by atoms with Gasteiger partial charge >= 0.3 is 6.18 Å². The van der Waals surface area contributed by atoms with Crippen LogP contribution >= 0.6 is 0 Å². The van der Waals surface area contributed by atoms with Crippen LogP contribution in [0, 0.1) is 5.92 Å². The maximum atomic E-state index is 12.5. The Hall–Kier alpha value is -0.820. The first-order valence-electron chi connectivity index (χ1n) is 5.59. The van der Waals surface area contributed by atoms with Gasteiger partial charge in [-0.2, -0.15) is 13.2 Å². The lowest BCUT2D eigenvalue weighted by Crippen LogP contribution is -2.54. The second kappa shape index (κ2) is 5.22. The molecule has 0 saturated heterocycles. The highest BCUT2D eigenvalue weighted by molar-refractivity contribution is 5.81. The van der Waals surface area contributed by atoms with E-state index in [1.165, 1.54) is 4.90 Å². The molecule has 3 N–H and O–H groups in total. The van der Waals surface area contributed by atoms with Crippen LogP contribution in [0.4, 0.5) is 13.2 Å². The number of nitrogens with one attached hydrogen (secondary N) is 1. The highest BCUT2D eigenvalue weighted by atomic mass is 19.4. The van der Waals surface area contributed by atoms with E-state index in [-0.39, 0.29) is 12.0 Å². The van der Waals surface area contributed by atoms with Crippen LogP contribution in [-0.4, -0.2) is 35.6 Å². The lowest BCUT2D eigenvalue weighted by atomic mass is 10.0. The molecule has 1 aliphatic carbocycles. The minimum absolute atomic E-state index is 0.152. The van der Waals surface area contributed by atoms with E-state index >= 15 is 0 Å². The summed E-state index contributed by atoms with van der Waals surface area (Å²) in [6.07, 6.45) is -2.89. The van der Waals surface area contributed by atoms with Gasteiger partial charge in [-0.25, -0.2) is 5.84 Å². The van der Waals surface area contributed by atoms with Crippen molar-refractivity contribution >= 4 is 5.91 Å². The second-order valence-electron chi connectivity index (χ2n) is 4.72. The number of nitrogens with two attached hydrogens (primary N) is 1. The van der Waals surface area contributed by atoms with Crippen LogP contribution < -0.4 is 11.3 Å². The minimum atomic E-state index is -4.30. The van der Waals surface area contributed by atoms with Gasteiger partial charge in [-0.3, -0.25) is 15.1 Å². The number of nitrogens with zero attached hydrogens (tertiary/aromatic N) is 1. The van der Waals surface area contributed by atoms with E-state index in [4.69, 9.17) is 5.84 Å². The molecule has 1 amide bonds. The van der Waals surface area contributed by atoms with Crippen LogP contribution in [0.3, 0.4) is 0 Å². The fourth-order valence-electron chi connectivity index (χ4n) is 1.99. The largest absolute Gasteiger partial charge is 0.401 e. The quantitative estimate of drug-likeness (QED) is 0.437. The Kier molecular flexibility index (Phi) is 4.37. The molecule has 1 aliphatic rings. The number of amides is 1. The molecule has 0 aromatic heterocycles. The van der Waals surface area contributed by atoms with Gasteiger partial charge in [-0.1, -0.05) is 13.8 Å². The van der Waals surface area contributed by atoms with Gasteiger partial charge in [0, 0.05) is 6.04 Å². The summed E-state index contributed by atoms with van der Waals surface area (Å²) in [6, 6.07) is -0.976. The van der Waals surface area contributed by atoms with Crippen LogP contribution in [-0.2, 0) is 4.79 Å². The van der Waals surface area contributed by atoms with Crippen molar-refractivity contribution in [3.05, 3.63) is 0 Å². The van der Waals surface area contributed by atoms with Crippen molar-refractivity contribution < 1.29 is 18.0 Å². The van der Waals surface area contributed by atoms with Gasteiger partial charge in [-0.15, -0.1) is 0 Å². The average Bonchev–Trinajstić information content (AvgIpc) is 2.96. The monoisotopic (exact) mass is 253 g/mol. The van der Waals surface area contributed by atoms with Crippen LogP contribution in [0.25, 0.3) is 0 Å². The van der Waals surface area contributed by atoms with Gasteiger partial charge in [0.05, 0.1) is 12.6 Å². The lowest BCUT2D eigenvalue weighted by Gasteiger charge is -2.33. The van der Waals surface area contributed by atoms with Gasteiger partial charge in [0.15, 0.2) is 0 Å². The van der Waals surface area contributed by atoms with Crippen molar-refractivity contribution in [1.82, 2.24) is 10.3 Å².